The number of pyridine rings is 2. The number of hydrogen-bond donors (Lipinski definition) is 0. The molecule has 1 aromatic carbocycles. The predicted octanol–water partition coefficient (Wildman–Crippen LogP) is 4.35. The Bertz CT molecular complexity index is 1040. The first-order chi connectivity index (χ1) is 13.7. The number of fused-ring (bicyclic) bond motifs is 1. The first-order valence-corrected chi connectivity index (χ1v) is 9.92. The lowest BCUT2D eigenvalue weighted by Gasteiger charge is -2.29. The van der Waals surface area contributed by atoms with Crippen molar-refractivity contribution in [3.8, 4) is 0 Å². The molecule has 5 nitrogen and oxygen atoms in total. The van der Waals surface area contributed by atoms with Gasteiger partial charge in [-0.2, -0.15) is 0 Å². The molecule has 1 unspecified atom stereocenters. The van der Waals surface area contributed by atoms with E-state index in [0.717, 1.165) is 18.4 Å². The van der Waals surface area contributed by atoms with E-state index in [9.17, 15) is 9.59 Å². The van der Waals surface area contributed by atoms with E-state index in [2.05, 4.69) is 21.7 Å². The fraction of sp³-hybridized carbons (Fsp3) is 0.348. The average Bonchev–Trinajstić information content (AvgIpc) is 3.25. The van der Waals surface area contributed by atoms with E-state index in [-0.39, 0.29) is 23.6 Å². The summed E-state index contributed by atoms with van der Waals surface area (Å²) in [4.78, 5) is 29.7. The molecule has 0 radical (unpaired) electrons. The topological polar surface area (TPSA) is 61.2 Å². The number of rotatable bonds is 5. The standard InChI is InChI=1S/C23H24N2O3/c1-2-28-23(27)18-15-25(19-13-8-14-24-20(19)22(18)26)21(17-11-6-7-12-17)16-9-4-3-5-10-16/h3-5,8-10,13-15,17,21H,2,6-7,11-12H2,1H3. The number of carbonyl (C=O) groups excluding carboxylic acids is 1. The third-order valence-electron chi connectivity index (χ3n) is 5.57. The van der Waals surface area contributed by atoms with Crippen LogP contribution < -0.4 is 5.43 Å². The van der Waals surface area contributed by atoms with E-state index in [1.165, 1.54) is 18.4 Å². The Balaban J connectivity index is 1.97. The van der Waals surface area contributed by atoms with E-state index in [0.29, 0.717) is 11.4 Å². The highest BCUT2D eigenvalue weighted by Crippen LogP contribution is 2.39. The van der Waals surface area contributed by atoms with Gasteiger partial charge < -0.3 is 9.30 Å². The molecule has 0 saturated heterocycles. The van der Waals surface area contributed by atoms with Gasteiger partial charge in [0.2, 0.25) is 5.43 Å². The largest absolute Gasteiger partial charge is 0.462 e. The number of nitrogens with zero attached hydrogens (tertiary/aromatic N) is 2. The van der Waals surface area contributed by atoms with Gasteiger partial charge in [-0.1, -0.05) is 43.2 Å². The lowest BCUT2D eigenvalue weighted by atomic mass is 9.90. The van der Waals surface area contributed by atoms with Crippen molar-refractivity contribution in [2.24, 2.45) is 5.92 Å². The molecule has 2 heterocycles. The number of hydrogen-bond acceptors (Lipinski definition) is 4. The lowest BCUT2D eigenvalue weighted by Crippen LogP contribution is -2.26. The fourth-order valence-corrected chi connectivity index (χ4v) is 4.34. The van der Waals surface area contributed by atoms with Crippen LogP contribution in [0.1, 0.15) is 54.6 Å². The van der Waals surface area contributed by atoms with Gasteiger partial charge in [0.15, 0.2) is 0 Å². The second-order valence-corrected chi connectivity index (χ2v) is 7.27. The van der Waals surface area contributed by atoms with Crippen LogP contribution in [0, 0.1) is 5.92 Å². The third kappa shape index (κ3) is 3.33. The van der Waals surface area contributed by atoms with Crippen LogP contribution in [0.3, 0.4) is 0 Å². The molecule has 0 N–H and O–H groups in total. The zero-order valence-corrected chi connectivity index (χ0v) is 16.0. The van der Waals surface area contributed by atoms with Gasteiger partial charge in [-0.05, 0) is 43.4 Å². The minimum atomic E-state index is -0.591. The van der Waals surface area contributed by atoms with E-state index in [4.69, 9.17) is 4.74 Å². The molecule has 0 amide bonds. The van der Waals surface area contributed by atoms with Crippen molar-refractivity contribution >= 4 is 17.0 Å². The zero-order chi connectivity index (χ0) is 19.5. The first-order valence-electron chi connectivity index (χ1n) is 9.92. The lowest BCUT2D eigenvalue weighted by molar-refractivity contribution is 0.0524. The van der Waals surface area contributed by atoms with Crippen LogP contribution in [0.25, 0.3) is 11.0 Å². The van der Waals surface area contributed by atoms with Gasteiger partial charge >= 0.3 is 5.97 Å². The van der Waals surface area contributed by atoms with Crippen molar-refractivity contribution in [2.75, 3.05) is 6.61 Å². The maximum atomic E-state index is 12.9. The maximum absolute atomic E-state index is 12.9. The van der Waals surface area contributed by atoms with Crippen LogP contribution in [0.5, 0.6) is 0 Å². The minimum absolute atomic E-state index is 0.0455. The maximum Gasteiger partial charge on any atom is 0.343 e. The molecule has 5 heteroatoms. The highest BCUT2D eigenvalue weighted by molar-refractivity contribution is 5.92. The van der Waals surface area contributed by atoms with Crippen LogP contribution in [-0.2, 0) is 4.74 Å². The highest BCUT2D eigenvalue weighted by Gasteiger charge is 2.30. The smallest absolute Gasteiger partial charge is 0.343 e. The number of ether oxygens (including phenoxy) is 1. The van der Waals surface area contributed by atoms with E-state index >= 15 is 0 Å². The summed E-state index contributed by atoms with van der Waals surface area (Å²) < 4.78 is 7.21. The van der Waals surface area contributed by atoms with E-state index in [1.54, 1.807) is 19.3 Å². The van der Waals surface area contributed by atoms with Gasteiger partial charge in [-0.3, -0.25) is 9.78 Å². The summed E-state index contributed by atoms with van der Waals surface area (Å²) in [7, 11) is 0. The van der Waals surface area contributed by atoms with E-state index in [1.807, 2.05) is 30.3 Å². The number of benzene rings is 1. The summed E-state index contributed by atoms with van der Waals surface area (Å²) in [6.45, 7) is 1.96. The van der Waals surface area contributed by atoms with Gasteiger partial charge in [0.1, 0.15) is 11.1 Å². The second-order valence-electron chi connectivity index (χ2n) is 7.27. The Hall–Kier alpha value is -2.95. The normalized spacial score (nSPS) is 15.6. The van der Waals surface area contributed by atoms with Crippen LogP contribution in [0.15, 0.2) is 59.7 Å². The zero-order valence-electron chi connectivity index (χ0n) is 16.0. The number of carbonyl (C=O) groups is 1. The molecule has 1 aliphatic carbocycles. The first kappa shape index (κ1) is 18.4. The van der Waals surface area contributed by atoms with Gasteiger partial charge in [-0.25, -0.2) is 4.79 Å². The molecule has 0 aliphatic heterocycles. The summed E-state index contributed by atoms with van der Waals surface area (Å²) in [6, 6.07) is 14.1. The van der Waals surface area contributed by atoms with Crippen molar-refractivity contribution < 1.29 is 9.53 Å². The molecular formula is C23H24N2O3. The van der Waals surface area contributed by atoms with Crippen LogP contribution in [0.2, 0.25) is 0 Å². The summed E-state index contributed by atoms with van der Waals surface area (Å²) in [5, 5.41) is 0. The number of aromatic nitrogens is 2. The summed E-state index contributed by atoms with van der Waals surface area (Å²) >= 11 is 0. The van der Waals surface area contributed by atoms with Crippen LogP contribution in [-0.4, -0.2) is 22.1 Å². The second kappa shape index (κ2) is 7.97. The fourth-order valence-electron chi connectivity index (χ4n) is 4.34. The Morgan fingerprint density at radius 1 is 1.18 bits per heavy atom. The van der Waals surface area contributed by atoms with E-state index < -0.39 is 5.97 Å². The van der Waals surface area contributed by atoms with Gasteiger partial charge in [0.05, 0.1) is 18.2 Å². The molecule has 2 aromatic heterocycles. The quantitative estimate of drug-likeness (QED) is 0.621. The van der Waals surface area contributed by atoms with Gasteiger partial charge in [-0.15, -0.1) is 0 Å². The highest BCUT2D eigenvalue weighted by atomic mass is 16.5. The van der Waals surface area contributed by atoms with Gasteiger partial charge in [0, 0.05) is 12.4 Å². The summed E-state index contributed by atoms with van der Waals surface area (Å²) in [5.41, 5.74) is 1.92. The molecule has 0 bridgehead atoms. The molecule has 28 heavy (non-hydrogen) atoms. The Kier molecular flexibility index (Phi) is 5.24. The van der Waals surface area contributed by atoms with Crippen molar-refractivity contribution in [3.63, 3.8) is 0 Å². The average molecular weight is 376 g/mol. The Morgan fingerprint density at radius 3 is 2.64 bits per heavy atom. The summed E-state index contributed by atoms with van der Waals surface area (Å²) in [5.74, 6) is -0.143. The van der Waals surface area contributed by atoms with Gasteiger partial charge in [0.25, 0.3) is 0 Å². The monoisotopic (exact) mass is 376 g/mol. The Morgan fingerprint density at radius 2 is 1.93 bits per heavy atom. The van der Waals surface area contributed by atoms with Crippen molar-refractivity contribution in [1.82, 2.24) is 9.55 Å². The van der Waals surface area contributed by atoms with Crippen molar-refractivity contribution in [3.05, 3.63) is 76.2 Å². The molecule has 1 atom stereocenters. The molecule has 1 saturated carbocycles. The molecule has 1 fully saturated rings. The van der Waals surface area contributed by atoms with Crippen molar-refractivity contribution in [2.45, 2.75) is 38.6 Å². The number of esters is 1. The summed E-state index contributed by atoms with van der Waals surface area (Å²) in [6.07, 6.45) is 7.94. The minimum Gasteiger partial charge on any atom is -0.462 e. The van der Waals surface area contributed by atoms with Crippen molar-refractivity contribution in [1.29, 1.82) is 0 Å². The van der Waals surface area contributed by atoms with Crippen LogP contribution in [0.4, 0.5) is 0 Å². The molecule has 0 spiro atoms. The molecule has 3 aromatic rings. The Labute approximate surface area is 164 Å². The third-order valence-corrected chi connectivity index (χ3v) is 5.57. The SMILES string of the molecule is CCOC(=O)c1cn(C(c2ccccc2)C2CCCC2)c2cccnc2c1=O. The van der Waals surface area contributed by atoms with Crippen LogP contribution >= 0.6 is 0 Å². The molecule has 1 aliphatic rings. The molecular weight excluding hydrogens is 352 g/mol. The molecule has 144 valence electrons. The predicted molar refractivity (Wildman–Crippen MR) is 108 cm³/mol. The molecule has 4 rings (SSSR count).